The minimum Gasteiger partial charge on any atom is -0.617 e. The standard InChI is InChI=1S/C17H23ClN4OS/c1-24(23)10-9-22-17(21)13(15(19)12-7-8-12)14(18)16(20)11-5-3-2-4-6-11/h2-6,12,19,22H,7-10,20-21H2,1H3/b16-14+,17-13-,19-15?. The molecular weight excluding hydrogens is 344 g/mol. The highest BCUT2D eigenvalue weighted by Crippen LogP contribution is 2.36. The first kappa shape index (κ1) is 18.7. The molecule has 1 saturated carbocycles. The van der Waals surface area contributed by atoms with Crippen molar-refractivity contribution in [1.29, 1.82) is 5.41 Å². The number of hydrogen-bond acceptors (Lipinski definition) is 5. The van der Waals surface area contributed by atoms with Gasteiger partial charge in [0.15, 0.2) is 0 Å². The van der Waals surface area contributed by atoms with Crippen molar-refractivity contribution < 1.29 is 4.55 Å². The Kier molecular flexibility index (Phi) is 6.60. The Morgan fingerprint density at radius 3 is 2.50 bits per heavy atom. The molecule has 1 aromatic rings. The van der Waals surface area contributed by atoms with Crippen LogP contribution in [0.25, 0.3) is 5.70 Å². The predicted molar refractivity (Wildman–Crippen MR) is 102 cm³/mol. The maximum Gasteiger partial charge on any atom is 0.122 e. The normalized spacial score (nSPS) is 17.6. The number of allylic oxidation sites excluding steroid dienone is 2. The molecule has 0 aliphatic heterocycles. The lowest BCUT2D eigenvalue weighted by Gasteiger charge is -2.16. The first-order valence-electron chi connectivity index (χ1n) is 7.75. The Morgan fingerprint density at radius 2 is 1.96 bits per heavy atom. The van der Waals surface area contributed by atoms with Crippen molar-refractivity contribution in [3.05, 3.63) is 52.3 Å². The van der Waals surface area contributed by atoms with Gasteiger partial charge in [-0.2, -0.15) is 0 Å². The summed E-state index contributed by atoms with van der Waals surface area (Å²) in [7, 11) is 0. The zero-order valence-corrected chi connectivity index (χ0v) is 15.2. The Bertz CT molecular complexity index is 654. The quantitative estimate of drug-likeness (QED) is 0.321. The monoisotopic (exact) mass is 366 g/mol. The van der Waals surface area contributed by atoms with Crippen LogP contribution in [0.3, 0.4) is 0 Å². The van der Waals surface area contributed by atoms with Gasteiger partial charge in [-0.3, -0.25) is 0 Å². The third-order valence-corrected chi connectivity index (χ3v) is 4.94. The van der Waals surface area contributed by atoms with Gasteiger partial charge in [0.25, 0.3) is 0 Å². The third kappa shape index (κ3) is 4.93. The number of hydrogen-bond donors (Lipinski definition) is 4. The zero-order chi connectivity index (χ0) is 17.7. The number of rotatable bonds is 8. The molecule has 0 radical (unpaired) electrons. The van der Waals surface area contributed by atoms with Crippen molar-refractivity contribution in [1.82, 2.24) is 5.32 Å². The average molecular weight is 367 g/mol. The molecule has 0 saturated heterocycles. The van der Waals surface area contributed by atoms with E-state index in [0.29, 0.717) is 35.1 Å². The molecule has 2 rings (SSSR count). The topological polar surface area (TPSA) is 111 Å². The fourth-order valence-electron chi connectivity index (χ4n) is 2.25. The summed E-state index contributed by atoms with van der Waals surface area (Å²) in [5.41, 5.74) is 14.4. The van der Waals surface area contributed by atoms with Crippen molar-refractivity contribution >= 4 is 34.2 Å². The number of nitrogens with two attached hydrogens (primary N) is 2. The van der Waals surface area contributed by atoms with E-state index in [1.54, 1.807) is 6.26 Å². The Morgan fingerprint density at radius 1 is 1.33 bits per heavy atom. The summed E-state index contributed by atoms with van der Waals surface area (Å²) >= 11 is 5.60. The van der Waals surface area contributed by atoms with Crippen LogP contribution < -0.4 is 16.8 Å². The van der Waals surface area contributed by atoms with E-state index in [1.807, 2.05) is 30.3 Å². The summed E-state index contributed by atoms with van der Waals surface area (Å²) in [6, 6.07) is 9.37. The highest BCUT2D eigenvalue weighted by atomic mass is 35.5. The van der Waals surface area contributed by atoms with Crippen molar-refractivity contribution in [3.8, 4) is 0 Å². The summed E-state index contributed by atoms with van der Waals surface area (Å²) < 4.78 is 11.2. The SMILES string of the molecule is C[S+]([O-])CCN/C(N)=C(C(=N)C1CC1)/C(Cl)=C(\N)c1ccccc1. The fourth-order valence-corrected chi connectivity index (χ4v) is 2.96. The van der Waals surface area contributed by atoms with Gasteiger partial charge >= 0.3 is 0 Å². The molecular formula is C17H23ClN4OS. The van der Waals surface area contributed by atoms with Crippen LogP contribution in [0, 0.1) is 11.3 Å². The van der Waals surface area contributed by atoms with Crippen molar-refractivity contribution in [2.45, 2.75) is 12.8 Å². The fraction of sp³-hybridized carbons (Fsp3) is 0.353. The molecule has 1 fully saturated rings. The summed E-state index contributed by atoms with van der Waals surface area (Å²) in [6.45, 7) is 0.450. The van der Waals surface area contributed by atoms with Crippen LogP contribution in [0.1, 0.15) is 18.4 Å². The van der Waals surface area contributed by atoms with Gasteiger partial charge in [-0.25, -0.2) is 0 Å². The van der Waals surface area contributed by atoms with Crippen molar-refractivity contribution in [2.75, 3.05) is 18.6 Å². The molecule has 7 heteroatoms. The van der Waals surface area contributed by atoms with E-state index in [0.717, 1.165) is 18.4 Å². The molecule has 0 heterocycles. The van der Waals surface area contributed by atoms with Crippen LogP contribution in [-0.4, -0.2) is 28.8 Å². The number of nitrogens with one attached hydrogen (secondary N) is 2. The molecule has 6 N–H and O–H groups in total. The lowest BCUT2D eigenvalue weighted by molar-refractivity contribution is 0.598. The summed E-state index contributed by atoms with van der Waals surface area (Å²) in [5, 5.41) is 11.7. The molecule has 0 amide bonds. The molecule has 1 aromatic carbocycles. The number of benzene rings is 1. The number of halogens is 1. The molecule has 1 aliphatic rings. The molecule has 0 aromatic heterocycles. The molecule has 1 unspecified atom stereocenters. The second-order valence-corrected chi connectivity index (χ2v) is 7.71. The van der Waals surface area contributed by atoms with E-state index in [4.69, 9.17) is 28.5 Å². The first-order valence-corrected chi connectivity index (χ1v) is 9.85. The van der Waals surface area contributed by atoms with E-state index in [1.165, 1.54) is 0 Å². The lowest BCUT2D eigenvalue weighted by atomic mass is 10.0. The van der Waals surface area contributed by atoms with Gasteiger partial charge in [-0.1, -0.05) is 53.1 Å². The van der Waals surface area contributed by atoms with E-state index in [9.17, 15) is 4.55 Å². The summed E-state index contributed by atoms with van der Waals surface area (Å²) in [6.07, 6.45) is 3.56. The minimum atomic E-state index is -0.916. The van der Waals surface area contributed by atoms with E-state index < -0.39 is 11.2 Å². The molecule has 0 bridgehead atoms. The van der Waals surface area contributed by atoms with E-state index >= 15 is 0 Å². The molecule has 130 valence electrons. The maximum absolute atomic E-state index is 11.2. The molecule has 1 atom stereocenters. The Balaban J connectivity index is 2.33. The van der Waals surface area contributed by atoms with Gasteiger partial charge < -0.3 is 26.7 Å². The molecule has 0 spiro atoms. The second-order valence-electron chi connectivity index (χ2n) is 5.77. The zero-order valence-electron chi connectivity index (χ0n) is 13.6. The summed E-state index contributed by atoms with van der Waals surface area (Å²) in [5.74, 6) is 0.958. The van der Waals surface area contributed by atoms with Crippen LogP contribution in [0.15, 0.2) is 46.8 Å². The van der Waals surface area contributed by atoms with Crippen molar-refractivity contribution in [2.24, 2.45) is 17.4 Å². The maximum atomic E-state index is 11.2. The van der Waals surface area contributed by atoms with Gasteiger partial charge in [-0.05, 0) is 18.4 Å². The largest absolute Gasteiger partial charge is 0.617 e. The van der Waals surface area contributed by atoms with Crippen LogP contribution in [0.4, 0.5) is 0 Å². The van der Waals surface area contributed by atoms with Gasteiger partial charge in [0.05, 0.1) is 29.1 Å². The van der Waals surface area contributed by atoms with Crippen LogP contribution in [0.5, 0.6) is 0 Å². The molecule has 24 heavy (non-hydrogen) atoms. The predicted octanol–water partition coefficient (Wildman–Crippen LogP) is 2.12. The minimum absolute atomic E-state index is 0.179. The Labute approximate surface area is 150 Å². The van der Waals surface area contributed by atoms with Gasteiger partial charge in [-0.15, -0.1) is 0 Å². The third-order valence-electron chi connectivity index (χ3n) is 3.77. The van der Waals surface area contributed by atoms with Gasteiger partial charge in [0.1, 0.15) is 11.6 Å². The second kappa shape index (κ2) is 8.46. The molecule has 1 aliphatic carbocycles. The lowest BCUT2D eigenvalue weighted by Crippen LogP contribution is -2.29. The Hall–Kier alpha value is -1.63. The highest BCUT2D eigenvalue weighted by Gasteiger charge is 2.31. The smallest absolute Gasteiger partial charge is 0.122 e. The van der Waals surface area contributed by atoms with Gasteiger partial charge in [0.2, 0.25) is 0 Å². The summed E-state index contributed by atoms with van der Waals surface area (Å²) in [4.78, 5) is 0. The molecule has 5 nitrogen and oxygen atoms in total. The average Bonchev–Trinajstić information content (AvgIpc) is 3.39. The van der Waals surface area contributed by atoms with Gasteiger partial charge in [0, 0.05) is 11.6 Å². The van der Waals surface area contributed by atoms with Crippen molar-refractivity contribution in [3.63, 3.8) is 0 Å². The van der Waals surface area contributed by atoms with Crippen LogP contribution in [0.2, 0.25) is 0 Å². The van der Waals surface area contributed by atoms with Crippen LogP contribution in [-0.2, 0) is 11.2 Å². The van der Waals surface area contributed by atoms with E-state index in [2.05, 4.69) is 5.32 Å². The highest BCUT2D eigenvalue weighted by molar-refractivity contribution is 7.90. The van der Waals surface area contributed by atoms with Crippen LogP contribution >= 0.6 is 11.6 Å². The first-order chi connectivity index (χ1) is 11.4. The van der Waals surface area contributed by atoms with E-state index in [-0.39, 0.29) is 11.0 Å².